The van der Waals surface area contributed by atoms with Gasteiger partial charge in [-0.25, -0.2) is 9.97 Å². The first-order valence-corrected chi connectivity index (χ1v) is 15.2. The number of nitrogens with zero attached hydrogens (tertiary/aromatic N) is 3. The fourth-order valence-corrected chi connectivity index (χ4v) is 6.32. The van der Waals surface area contributed by atoms with Crippen molar-refractivity contribution in [2.75, 3.05) is 0 Å². The highest BCUT2D eigenvalue weighted by Gasteiger charge is 2.17. The summed E-state index contributed by atoms with van der Waals surface area (Å²) in [6, 6.07) is 40.9. The van der Waals surface area contributed by atoms with Gasteiger partial charge in [0.2, 0.25) is 0 Å². The average Bonchev–Trinajstić information content (AvgIpc) is 3.12. The summed E-state index contributed by atoms with van der Waals surface area (Å²) in [6.45, 7) is 2.19. The van der Waals surface area contributed by atoms with Gasteiger partial charge in [0.1, 0.15) is 0 Å². The lowest BCUT2D eigenvalue weighted by molar-refractivity contribution is 0.746. The first-order valence-electron chi connectivity index (χ1n) is 15.2. The van der Waals surface area contributed by atoms with Crippen molar-refractivity contribution in [1.82, 2.24) is 20.3 Å². The van der Waals surface area contributed by atoms with Crippen LogP contribution in [-0.4, -0.2) is 15.0 Å². The minimum absolute atomic E-state index is 0.167. The van der Waals surface area contributed by atoms with Gasteiger partial charge in [0, 0.05) is 28.9 Å². The van der Waals surface area contributed by atoms with Crippen molar-refractivity contribution in [1.29, 1.82) is 0 Å². The molecule has 0 fully saturated rings. The van der Waals surface area contributed by atoms with E-state index in [1.54, 1.807) is 0 Å². The smallest absolute Gasteiger partial charge is 0.160 e. The monoisotopic (exact) mass is 578 g/mol. The Hall–Kier alpha value is -5.87. The van der Waals surface area contributed by atoms with Crippen LogP contribution in [0.1, 0.15) is 17.2 Å². The second kappa shape index (κ2) is 11.3. The summed E-state index contributed by atoms with van der Waals surface area (Å²) in [6.07, 6.45) is 12.0. The molecule has 0 aliphatic carbocycles. The number of aryl methyl sites for hydroxylation is 1. The molecule has 3 heterocycles. The first kappa shape index (κ1) is 26.7. The highest BCUT2D eigenvalue weighted by atomic mass is 14.9. The van der Waals surface area contributed by atoms with Gasteiger partial charge in [-0.3, -0.25) is 4.98 Å². The Bertz CT molecular complexity index is 2250. The lowest BCUT2D eigenvalue weighted by atomic mass is 9.91. The number of dihydropyridines is 1. The van der Waals surface area contributed by atoms with Crippen LogP contribution < -0.4 is 5.32 Å². The predicted molar refractivity (Wildman–Crippen MR) is 185 cm³/mol. The molecule has 4 nitrogen and oxygen atoms in total. The minimum Gasteiger partial charge on any atom is -0.381 e. The fraction of sp³-hybridized carbons (Fsp3) is 0.0488. The van der Waals surface area contributed by atoms with Crippen LogP contribution in [0.2, 0.25) is 0 Å². The third-order valence-electron chi connectivity index (χ3n) is 8.55. The van der Waals surface area contributed by atoms with Crippen LogP contribution in [0.4, 0.5) is 0 Å². The molecule has 1 atom stereocenters. The molecule has 4 heteroatoms. The van der Waals surface area contributed by atoms with Crippen LogP contribution in [0.5, 0.6) is 0 Å². The van der Waals surface area contributed by atoms with E-state index in [1.807, 2.05) is 30.7 Å². The minimum atomic E-state index is 0.167. The summed E-state index contributed by atoms with van der Waals surface area (Å²) < 4.78 is 0. The van der Waals surface area contributed by atoms with E-state index in [9.17, 15) is 0 Å². The highest BCUT2D eigenvalue weighted by molar-refractivity contribution is 6.12. The molecule has 0 spiro atoms. The molecule has 2 aromatic heterocycles. The molecule has 1 aliphatic heterocycles. The normalized spacial score (nSPS) is 14.1. The van der Waals surface area contributed by atoms with E-state index in [1.165, 1.54) is 22.1 Å². The van der Waals surface area contributed by atoms with Crippen molar-refractivity contribution in [3.8, 4) is 44.9 Å². The predicted octanol–water partition coefficient (Wildman–Crippen LogP) is 9.87. The molecule has 7 aromatic rings. The molecule has 1 N–H and O–H groups in total. The SMILES string of the molecule is Cc1cc(C2C=CC=CN2)ccc1-c1cc(-c2ccncc2)cc(-c2nc(-c3ccccc3)c3c(ccc4ccccc43)n2)c1. The maximum absolute atomic E-state index is 5.31. The maximum atomic E-state index is 5.31. The van der Waals surface area contributed by atoms with Gasteiger partial charge >= 0.3 is 0 Å². The Kier molecular flexibility index (Phi) is 6.73. The fourth-order valence-electron chi connectivity index (χ4n) is 6.32. The molecule has 5 aromatic carbocycles. The van der Waals surface area contributed by atoms with Crippen LogP contribution in [0, 0.1) is 6.92 Å². The summed E-state index contributed by atoms with van der Waals surface area (Å²) in [4.78, 5) is 14.8. The molecule has 0 saturated heterocycles. The van der Waals surface area contributed by atoms with Gasteiger partial charge in [0.05, 0.1) is 17.3 Å². The highest BCUT2D eigenvalue weighted by Crippen LogP contribution is 2.37. The van der Waals surface area contributed by atoms with Crippen molar-refractivity contribution in [3.63, 3.8) is 0 Å². The molecule has 0 bridgehead atoms. The van der Waals surface area contributed by atoms with Gasteiger partial charge < -0.3 is 5.32 Å². The van der Waals surface area contributed by atoms with Crippen molar-refractivity contribution in [2.45, 2.75) is 13.0 Å². The third-order valence-corrected chi connectivity index (χ3v) is 8.55. The largest absolute Gasteiger partial charge is 0.381 e. The number of rotatable bonds is 5. The summed E-state index contributed by atoms with van der Waals surface area (Å²) in [5, 5.41) is 6.84. The van der Waals surface area contributed by atoms with Crippen LogP contribution in [0.25, 0.3) is 66.6 Å². The summed E-state index contributed by atoms with van der Waals surface area (Å²) >= 11 is 0. The number of fused-ring (bicyclic) bond motifs is 3. The van der Waals surface area contributed by atoms with E-state index >= 15 is 0 Å². The van der Waals surface area contributed by atoms with E-state index in [2.05, 4.69) is 139 Å². The molecule has 45 heavy (non-hydrogen) atoms. The van der Waals surface area contributed by atoms with Gasteiger partial charge in [-0.15, -0.1) is 0 Å². The summed E-state index contributed by atoms with van der Waals surface area (Å²) in [5.41, 5.74) is 10.9. The second-order valence-electron chi connectivity index (χ2n) is 11.4. The van der Waals surface area contributed by atoms with E-state index in [0.29, 0.717) is 5.82 Å². The lowest BCUT2D eigenvalue weighted by Crippen LogP contribution is -2.14. The van der Waals surface area contributed by atoms with Crippen LogP contribution in [0.3, 0.4) is 0 Å². The van der Waals surface area contributed by atoms with Crippen LogP contribution in [-0.2, 0) is 0 Å². The average molecular weight is 579 g/mol. The van der Waals surface area contributed by atoms with E-state index in [4.69, 9.17) is 9.97 Å². The number of hydrogen-bond acceptors (Lipinski definition) is 4. The van der Waals surface area contributed by atoms with E-state index < -0.39 is 0 Å². The lowest BCUT2D eigenvalue weighted by Gasteiger charge is -2.18. The van der Waals surface area contributed by atoms with Crippen molar-refractivity contribution in [3.05, 3.63) is 163 Å². The van der Waals surface area contributed by atoms with Gasteiger partial charge in [-0.1, -0.05) is 91.0 Å². The number of hydrogen-bond donors (Lipinski definition) is 1. The van der Waals surface area contributed by atoms with E-state index in [0.717, 1.165) is 49.8 Å². The van der Waals surface area contributed by atoms with E-state index in [-0.39, 0.29) is 6.04 Å². The molecule has 1 aliphatic rings. The molecule has 1 unspecified atom stereocenters. The number of benzene rings is 5. The topological polar surface area (TPSA) is 50.7 Å². The molecular weight excluding hydrogens is 548 g/mol. The molecule has 8 rings (SSSR count). The number of allylic oxidation sites excluding steroid dienone is 2. The third kappa shape index (κ3) is 5.07. The Balaban J connectivity index is 1.34. The standard InChI is InChI=1S/C41H30N4/c1-27-23-31(37-13-7-8-20-43-37)14-16-35(27)33-24-32(28-18-21-42-22-19-28)25-34(26-33)41-44-38-17-15-29-9-5-6-12-36(29)39(38)40(45-41)30-10-3-2-4-11-30/h2-26,37,43H,1H3. The molecule has 0 saturated carbocycles. The second-order valence-corrected chi connectivity index (χ2v) is 11.4. The molecule has 0 amide bonds. The van der Waals surface area contributed by atoms with Crippen molar-refractivity contribution in [2.24, 2.45) is 0 Å². The molecular formula is C41H30N4. The summed E-state index contributed by atoms with van der Waals surface area (Å²) in [7, 11) is 0. The Morgan fingerprint density at radius 3 is 2.24 bits per heavy atom. The number of pyridine rings is 1. The molecule has 214 valence electrons. The Labute approximate surface area is 262 Å². The van der Waals surface area contributed by atoms with Crippen LogP contribution in [0.15, 0.2) is 152 Å². The Morgan fingerprint density at radius 2 is 1.42 bits per heavy atom. The number of nitrogens with one attached hydrogen (secondary N) is 1. The van der Waals surface area contributed by atoms with Crippen LogP contribution >= 0.6 is 0 Å². The van der Waals surface area contributed by atoms with Gasteiger partial charge in [-0.05, 0) is 99.8 Å². The summed E-state index contributed by atoms with van der Waals surface area (Å²) in [5.74, 6) is 0.700. The molecule has 0 radical (unpaired) electrons. The van der Waals surface area contributed by atoms with Gasteiger partial charge in [0.25, 0.3) is 0 Å². The van der Waals surface area contributed by atoms with Gasteiger partial charge in [0.15, 0.2) is 5.82 Å². The zero-order valence-electron chi connectivity index (χ0n) is 24.9. The quantitative estimate of drug-likeness (QED) is 0.207. The zero-order chi connectivity index (χ0) is 30.2. The van der Waals surface area contributed by atoms with Crippen molar-refractivity contribution >= 4 is 21.7 Å². The Morgan fingerprint density at radius 1 is 0.622 bits per heavy atom. The number of aromatic nitrogens is 3. The maximum Gasteiger partial charge on any atom is 0.160 e. The first-order chi connectivity index (χ1) is 22.2. The zero-order valence-corrected chi connectivity index (χ0v) is 24.9. The van der Waals surface area contributed by atoms with Gasteiger partial charge in [-0.2, -0.15) is 0 Å². The van der Waals surface area contributed by atoms with Crippen molar-refractivity contribution < 1.29 is 0 Å².